The minimum atomic E-state index is -4.13. The predicted octanol–water partition coefficient (Wildman–Crippen LogP) is 6.92. The highest BCUT2D eigenvalue weighted by Gasteiger charge is 2.41. The van der Waals surface area contributed by atoms with Crippen LogP contribution >= 0.6 is 0 Å². The Morgan fingerprint density at radius 3 is 2.22 bits per heavy atom. The van der Waals surface area contributed by atoms with Gasteiger partial charge >= 0.3 is 5.97 Å². The number of hydrogen-bond donors (Lipinski definition) is 1. The van der Waals surface area contributed by atoms with Crippen LogP contribution in [0, 0.1) is 0 Å². The van der Waals surface area contributed by atoms with Gasteiger partial charge in [0.05, 0.1) is 37.4 Å². The van der Waals surface area contributed by atoms with E-state index in [9.17, 15) is 18.0 Å². The van der Waals surface area contributed by atoms with Crippen LogP contribution in [0.25, 0.3) is 0 Å². The van der Waals surface area contributed by atoms with Crippen LogP contribution in [-0.4, -0.2) is 74.2 Å². The molecule has 266 valence electrons. The summed E-state index contributed by atoms with van der Waals surface area (Å²) in [6.07, 6.45) is 15.3. The number of sulfonamides is 1. The molecule has 0 saturated heterocycles. The summed E-state index contributed by atoms with van der Waals surface area (Å²) in [5.41, 5.74) is 0.650. The number of fused-ring (bicyclic) bond motifs is 1. The highest BCUT2D eigenvalue weighted by Crippen LogP contribution is 2.35. The van der Waals surface area contributed by atoms with E-state index in [1.54, 1.807) is 42.5 Å². The SMILES string of the molecule is CCCCCCCCCCCCOCCCN1C(C(C(=O)Nc2ccccc2OC)n2cc(C(=O)OC)cn2)=Nc2ccccc2S1(=O)=O. The van der Waals surface area contributed by atoms with Gasteiger partial charge in [-0.3, -0.25) is 13.8 Å². The number of anilines is 1. The Labute approximate surface area is 289 Å². The molecule has 1 amide bonds. The van der Waals surface area contributed by atoms with E-state index < -0.39 is 27.9 Å². The smallest absolute Gasteiger partial charge is 0.341 e. The number of methoxy groups -OCH3 is 2. The number of esters is 1. The lowest BCUT2D eigenvalue weighted by Gasteiger charge is -2.33. The maximum atomic E-state index is 14.1. The Morgan fingerprint density at radius 2 is 1.51 bits per heavy atom. The molecular weight excluding hydrogens is 646 g/mol. The lowest BCUT2D eigenvalue weighted by molar-refractivity contribution is -0.117. The standard InChI is InChI=1S/C36H49N5O7S/c1-4-5-6-7-8-9-10-11-12-17-24-48-25-18-23-41-34(38-30-20-14-16-22-32(30)49(41,44)45)33(40-27-28(26-37-40)36(43)47-3)35(42)39-29-19-13-15-21-31(29)46-2/h13-16,19-22,26-27,33H,4-12,17-18,23-25H2,1-3H3,(H,39,42). The molecule has 12 nitrogen and oxygen atoms in total. The molecule has 4 rings (SSSR count). The Kier molecular flexibility index (Phi) is 14.6. The van der Waals surface area contributed by atoms with Gasteiger partial charge in [-0.25, -0.2) is 18.2 Å². The van der Waals surface area contributed by atoms with E-state index in [2.05, 4.69) is 17.3 Å². The summed E-state index contributed by atoms with van der Waals surface area (Å²) in [5, 5.41) is 7.11. The first kappa shape index (κ1) is 37.6. The molecular formula is C36H49N5O7S. The fourth-order valence-corrected chi connectivity index (χ4v) is 7.35. The largest absolute Gasteiger partial charge is 0.495 e. The summed E-state index contributed by atoms with van der Waals surface area (Å²) >= 11 is 0. The zero-order valence-corrected chi connectivity index (χ0v) is 29.6. The molecule has 0 aliphatic carbocycles. The number of para-hydroxylation sites is 3. The van der Waals surface area contributed by atoms with Crippen LogP contribution in [0.1, 0.15) is 94.0 Å². The van der Waals surface area contributed by atoms with Crippen LogP contribution in [0.5, 0.6) is 5.75 Å². The average molecular weight is 696 g/mol. The third kappa shape index (κ3) is 10.1. The second-order valence-electron chi connectivity index (χ2n) is 12.0. The normalized spacial score (nSPS) is 14.1. The fraction of sp³-hybridized carbons (Fsp3) is 0.500. The average Bonchev–Trinajstić information content (AvgIpc) is 3.59. The van der Waals surface area contributed by atoms with E-state index in [1.807, 2.05) is 0 Å². The van der Waals surface area contributed by atoms with Crippen LogP contribution in [-0.2, 0) is 24.3 Å². The summed E-state index contributed by atoms with van der Waals surface area (Å²) in [7, 11) is -1.41. The number of ether oxygens (including phenoxy) is 3. The molecule has 1 aromatic heterocycles. The van der Waals surface area contributed by atoms with Gasteiger partial charge in [0.2, 0.25) is 0 Å². The van der Waals surface area contributed by atoms with E-state index in [1.165, 1.54) is 88.7 Å². The first-order valence-corrected chi connectivity index (χ1v) is 18.6. The lowest BCUT2D eigenvalue weighted by atomic mass is 10.1. The van der Waals surface area contributed by atoms with E-state index in [0.29, 0.717) is 31.1 Å². The third-order valence-corrected chi connectivity index (χ3v) is 10.2. The van der Waals surface area contributed by atoms with Crippen molar-refractivity contribution in [1.29, 1.82) is 0 Å². The number of unbranched alkanes of at least 4 members (excludes halogenated alkanes) is 9. The number of carbonyl (C=O) groups is 2. The van der Waals surface area contributed by atoms with Gasteiger partial charge in [0.1, 0.15) is 10.6 Å². The van der Waals surface area contributed by atoms with Gasteiger partial charge in [-0.2, -0.15) is 5.10 Å². The van der Waals surface area contributed by atoms with Gasteiger partial charge < -0.3 is 19.5 Å². The Hall–Kier alpha value is -4.23. The van der Waals surface area contributed by atoms with Crippen molar-refractivity contribution in [3.63, 3.8) is 0 Å². The fourth-order valence-electron chi connectivity index (χ4n) is 5.73. The van der Waals surface area contributed by atoms with Gasteiger partial charge in [0, 0.05) is 26.0 Å². The van der Waals surface area contributed by atoms with Crippen molar-refractivity contribution in [2.45, 2.75) is 88.5 Å². The summed E-state index contributed by atoms with van der Waals surface area (Å²) < 4.78 is 46.7. The monoisotopic (exact) mass is 695 g/mol. The van der Waals surface area contributed by atoms with Crippen LogP contribution in [0.2, 0.25) is 0 Å². The van der Waals surface area contributed by atoms with Gasteiger partial charge in [-0.05, 0) is 37.1 Å². The number of aliphatic imine (C=N–C) groups is 1. The van der Waals surface area contributed by atoms with Gasteiger partial charge in [-0.1, -0.05) is 89.0 Å². The van der Waals surface area contributed by atoms with Crippen molar-refractivity contribution in [1.82, 2.24) is 14.1 Å². The maximum Gasteiger partial charge on any atom is 0.341 e. The minimum Gasteiger partial charge on any atom is -0.495 e. The second kappa shape index (κ2) is 19.1. The molecule has 0 fully saturated rings. The highest BCUT2D eigenvalue weighted by molar-refractivity contribution is 7.90. The van der Waals surface area contributed by atoms with Gasteiger partial charge in [0.15, 0.2) is 11.9 Å². The lowest BCUT2D eigenvalue weighted by Crippen LogP contribution is -2.47. The zero-order valence-electron chi connectivity index (χ0n) is 28.8. The number of amides is 1. The number of nitrogens with one attached hydrogen (secondary N) is 1. The van der Waals surface area contributed by atoms with Gasteiger partial charge in [0.25, 0.3) is 15.9 Å². The van der Waals surface area contributed by atoms with Crippen LogP contribution < -0.4 is 10.1 Å². The molecule has 13 heteroatoms. The molecule has 1 aliphatic rings. The molecule has 1 atom stereocenters. The molecule has 2 aromatic carbocycles. The summed E-state index contributed by atoms with van der Waals surface area (Å²) in [4.78, 5) is 31.2. The zero-order chi connectivity index (χ0) is 35.1. The molecule has 3 aromatic rings. The molecule has 0 saturated carbocycles. The number of amidine groups is 1. The quantitative estimate of drug-likeness (QED) is 0.0935. The maximum absolute atomic E-state index is 14.1. The number of hydrogen-bond acceptors (Lipinski definition) is 9. The van der Waals surface area contributed by atoms with Crippen molar-refractivity contribution < 1.29 is 32.2 Å². The number of aromatic nitrogens is 2. The molecule has 49 heavy (non-hydrogen) atoms. The predicted molar refractivity (Wildman–Crippen MR) is 189 cm³/mol. The van der Waals surface area contributed by atoms with E-state index in [4.69, 9.17) is 19.2 Å². The summed E-state index contributed by atoms with van der Waals surface area (Å²) in [5.74, 6) is -0.958. The molecule has 2 heterocycles. The topological polar surface area (TPSA) is 141 Å². The Balaban J connectivity index is 1.49. The molecule has 0 radical (unpaired) electrons. The van der Waals surface area contributed by atoms with Crippen LogP contribution in [0.15, 0.2) is 70.8 Å². The third-order valence-electron chi connectivity index (χ3n) is 8.36. The second-order valence-corrected chi connectivity index (χ2v) is 13.8. The van der Waals surface area contributed by atoms with Crippen molar-refractivity contribution in [2.24, 2.45) is 4.99 Å². The minimum absolute atomic E-state index is 0.0110. The summed E-state index contributed by atoms with van der Waals surface area (Å²) in [6.45, 7) is 3.18. The van der Waals surface area contributed by atoms with Crippen LogP contribution in [0.3, 0.4) is 0 Å². The number of rotatable bonds is 21. The molecule has 1 N–H and O–H groups in total. The van der Waals surface area contributed by atoms with E-state index >= 15 is 0 Å². The highest BCUT2D eigenvalue weighted by atomic mass is 32.2. The van der Waals surface area contributed by atoms with E-state index in [-0.39, 0.29) is 28.5 Å². The van der Waals surface area contributed by atoms with E-state index in [0.717, 1.165) is 17.1 Å². The van der Waals surface area contributed by atoms with Crippen molar-refractivity contribution in [3.05, 3.63) is 66.5 Å². The first-order chi connectivity index (χ1) is 23.8. The van der Waals surface area contributed by atoms with Crippen molar-refractivity contribution in [2.75, 3.05) is 39.3 Å². The first-order valence-electron chi connectivity index (χ1n) is 17.2. The molecule has 1 aliphatic heterocycles. The van der Waals surface area contributed by atoms with Crippen LogP contribution in [0.4, 0.5) is 11.4 Å². The van der Waals surface area contributed by atoms with Crippen molar-refractivity contribution in [3.8, 4) is 5.75 Å². The van der Waals surface area contributed by atoms with Crippen molar-refractivity contribution >= 4 is 39.1 Å². The number of carbonyl (C=O) groups excluding carboxylic acids is 2. The number of benzene rings is 2. The Bertz CT molecular complexity index is 1660. The van der Waals surface area contributed by atoms with Gasteiger partial charge in [-0.15, -0.1) is 0 Å². The molecule has 1 unspecified atom stereocenters. The summed E-state index contributed by atoms with van der Waals surface area (Å²) in [6, 6.07) is 11.8. The Morgan fingerprint density at radius 1 is 0.857 bits per heavy atom. The molecule has 0 bridgehead atoms. The molecule has 0 spiro atoms. The number of nitrogens with zero attached hydrogens (tertiary/aromatic N) is 4.